The molecule has 0 saturated carbocycles. The molecule has 0 fully saturated rings. The second-order valence-corrected chi connectivity index (χ2v) is 9.15. The minimum atomic E-state index is -4.52. The van der Waals surface area contributed by atoms with Crippen LogP contribution in [0.25, 0.3) is 11.3 Å². The van der Waals surface area contributed by atoms with E-state index in [1.165, 1.54) is 10.9 Å². The lowest BCUT2D eigenvalue weighted by atomic mass is 9.88. The van der Waals surface area contributed by atoms with E-state index in [0.717, 1.165) is 19.9 Å². The second-order valence-electron chi connectivity index (χ2n) is 9.15. The zero-order valence-electron chi connectivity index (χ0n) is 20.0. The highest BCUT2D eigenvalue weighted by Gasteiger charge is 2.50. The number of carbonyl (C=O) groups is 2. The molecule has 3 aromatic rings. The van der Waals surface area contributed by atoms with Gasteiger partial charge in [-0.15, -0.1) is 0 Å². The quantitative estimate of drug-likeness (QED) is 0.485. The first-order chi connectivity index (χ1) is 16.1. The average Bonchev–Trinajstić information content (AvgIpc) is 3.37. The van der Waals surface area contributed by atoms with E-state index >= 15 is 0 Å². The summed E-state index contributed by atoms with van der Waals surface area (Å²) in [5.74, 6) is -1.54. The number of anilines is 1. The van der Waals surface area contributed by atoms with E-state index in [9.17, 15) is 22.8 Å². The van der Waals surface area contributed by atoms with Gasteiger partial charge in [-0.3, -0.25) is 14.6 Å². The number of aromatic nitrogens is 4. The molecule has 3 aromatic heterocycles. The highest BCUT2D eigenvalue weighted by Crippen LogP contribution is 2.40. The van der Waals surface area contributed by atoms with E-state index in [4.69, 9.17) is 16.0 Å². The Morgan fingerprint density at radius 2 is 1.83 bits per heavy atom. The Kier molecular flexibility index (Phi) is 6.78. The van der Waals surface area contributed by atoms with Crippen LogP contribution in [0.5, 0.6) is 0 Å². The van der Waals surface area contributed by atoms with Crippen molar-refractivity contribution in [3.05, 3.63) is 47.1 Å². The van der Waals surface area contributed by atoms with E-state index in [1.54, 1.807) is 19.1 Å². The normalized spacial score (nSPS) is 13.3. The summed E-state index contributed by atoms with van der Waals surface area (Å²) in [6.07, 6.45) is -3.31. The van der Waals surface area contributed by atoms with Gasteiger partial charge in [0.05, 0.1) is 23.7 Å². The number of nitrogens with two attached hydrogens (primary N) is 2. The number of nitrogens with zero attached hydrogens (tertiary/aromatic N) is 4. The predicted octanol–water partition coefficient (Wildman–Crippen LogP) is 3.95. The van der Waals surface area contributed by atoms with Gasteiger partial charge in [-0.25, -0.2) is 4.68 Å². The molecule has 0 saturated heterocycles. The number of rotatable bonds is 8. The molecule has 0 spiro atoms. The maximum Gasteiger partial charge on any atom is 0.399 e. The van der Waals surface area contributed by atoms with Gasteiger partial charge in [-0.2, -0.15) is 18.3 Å². The standard InChI is InChI=1S/C23H27F3N6O3/c1-11(2)32-20(27)18(21(28)34)19(30-32)13-6-7-15(29-10-13)12(3)16(33)8-14-9-17(31-35-14)22(4,5)23(24,25)26/h6-7,9-12H,8,27H2,1-5H3,(H2,28,34). The fourth-order valence-corrected chi connectivity index (χ4v) is 3.41. The molecule has 4 N–H and O–H groups in total. The van der Waals surface area contributed by atoms with Crippen molar-refractivity contribution in [2.75, 3.05) is 5.73 Å². The molecule has 0 aliphatic carbocycles. The molecule has 0 aliphatic heterocycles. The van der Waals surface area contributed by atoms with Crippen LogP contribution in [-0.2, 0) is 16.6 Å². The number of primary amides is 1. The number of hydrogen-bond donors (Lipinski definition) is 2. The fraction of sp³-hybridized carbons (Fsp3) is 0.435. The van der Waals surface area contributed by atoms with E-state index in [-0.39, 0.29) is 46.8 Å². The van der Waals surface area contributed by atoms with Crippen LogP contribution in [0.2, 0.25) is 0 Å². The maximum atomic E-state index is 13.2. The summed E-state index contributed by atoms with van der Waals surface area (Å²) in [5.41, 5.74) is 10.3. The van der Waals surface area contributed by atoms with E-state index in [0.29, 0.717) is 11.3 Å². The first kappa shape index (κ1) is 25.9. The van der Waals surface area contributed by atoms with Crippen LogP contribution in [0.15, 0.2) is 28.9 Å². The van der Waals surface area contributed by atoms with Gasteiger partial charge in [0.25, 0.3) is 5.91 Å². The number of hydrogen-bond acceptors (Lipinski definition) is 7. The molecule has 0 aromatic carbocycles. The van der Waals surface area contributed by atoms with Crippen LogP contribution in [0.1, 0.15) is 74.1 Å². The average molecular weight is 493 g/mol. The Hall–Kier alpha value is -3.70. The van der Waals surface area contributed by atoms with Gasteiger partial charge in [0.15, 0.2) is 0 Å². The number of Topliss-reactive ketones (excluding diaryl/α,β-unsaturated/α-hetero) is 1. The molecular weight excluding hydrogens is 465 g/mol. The Balaban J connectivity index is 1.79. The van der Waals surface area contributed by atoms with Gasteiger partial charge in [0.2, 0.25) is 0 Å². The lowest BCUT2D eigenvalue weighted by Gasteiger charge is -2.24. The summed E-state index contributed by atoms with van der Waals surface area (Å²) in [5, 5.41) is 7.90. The smallest absolute Gasteiger partial charge is 0.383 e. The van der Waals surface area contributed by atoms with Crippen LogP contribution >= 0.6 is 0 Å². The van der Waals surface area contributed by atoms with Gasteiger partial charge in [0.1, 0.15) is 34.0 Å². The summed E-state index contributed by atoms with van der Waals surface area (Å²) < 4.78 is 46.2. The molecule has 1 unspecified atom stereocenters. The van der Waals surface area contributed by atoms with Gasteiger partial charge in [-0.1, -0.05) is 5.16 Å². The molecule has 9 nitrogen and oxygen atoms in total. The lowest BCUT2D eigenvalue weighted by molar-refractivity contribution is -0.181. The monoisotopic (exact) mass is 492 g/mol. The third-order valence-electron chi connectivity index (χ3n) is 5.93. The van der Waals surface area contributed by atoms with Crippen molar-refractivity contribution < 1.29 is 27.3 Å². The number of alkyl halides is 3. The summed E-state index contributed by atoms with van der Waals surface area (Å²) in [6.45, 7) is 7.32. The number of ketones is 1. The first-order valence-corrected chi connectivity index (χ1v) is 10.8. The van der Waals surface area contributed by atoms with Gasteiger partial charge in [-0.05, 0) is 46.8 Å². The highest BCUT2D eigenvalue weighted by molar-refractivity contribution is 6.03. The SMILES string of the molecule is CC(C(=O)Cc1cc(C(C)(C)C(F)(F)F)no1)c1ccc(-c2nn(C(C)C)c(N)c2C(N)=O)cn1. The van der Waals surface area contributed by atoms with Crippen molar-refractivity contribution in [3.63, 3.8) is 0 Å². The van der Waals surface area contributed by atoms with Gasteiger partial charge < -0.3 is 16.0 Å². The number of carbonyl (C=O) groups excluding carboxylic acids is 2. The molecule has 35 heavy (non-hydrogen) atoms. The molecule has 0 bridgehead atoms. The summed E-state index contributed by atoms with van der Waals surface area (Å²) >= 11 is 0. The van der Waals surface area contributed by atoms with Crippen molar-refractivity contribution in [1.82, 2.24) is 19.9 Å². The first-order valence-electron chi connectivity index (χ1n) is 10.8. The maximum absolute atomic E-state index is 13.2. The van der Waals surface area contributed by atoms with Gasteiger partial charge in [0, 0.05) is 23.9 Å². The van der Waals surface area contributed by atoms with Crippen molar-refractivity contribution in [2.45, 2.75) is 64.6 Å². The predicted molar refractivity (Wildman–Crippen MR) is 121 cm³/mol. The fourth-order valence-electron chi connectivity index (χ4n) is 3.41. The molecular formula is C23H27F3N6O3. The Bertz CT molecular complexity index is 1240. The van der Waals surface area contributed by atoms with Crippen LogP contribution in [0.4, 0.5) is 19.0 Å². The minimum absolute atomic E-state index is 0.0339. The number of pyridine rings is 1. The molecule has 12 heteroatoms. The lowest BCUT2D eigenvalue weighted by Crippen LogP contribution is -2.36. The molecule has 3 heterocycles. The zero-order chi connectivity index (χ0) is 26.3. The molecule has 0 radical (unpaired) electrons. The number of halogens is 3. The molecule has 3 rings (SSSR count). The Morgan fingerprint density at radius 1 is 1.17 bits per heavy atom. The van der Waals surface area contributed by atoms with Crippen LogP contribution in [-0.4, -0.2) is 37.8 Å². The molecule has 188 valence electrons. The van der Waals surface area contributed by atoms with Gasteiger partial charge >= 0.3 is 6.18 Å². The number of amides is 1. The van der Waals surface area contributed by atoms with E-state index in [1.807, 2.05) is 13.8 Å². The summed E-state index contributed by atoms with van der Waals surface area (Å²) in [7, 11) is 0. The van der Waals surface area contributed by atoms with Crippen LogP contribution < -0.4 is 11.5 Å². The molecule has 1 atom stereocenters. The van der Waals surface area contributed by atoms with Crippen molar-refractivity contribution >= 4 is 17.5 Å². The van der Waals surface area contributed by atoms with Crippen molar-refractivity contribution in [1.29, 1.82) is 0 Å². The summed E-state index contributed by atoms with van der Waals surface area (Å²) in [6, 6.07) is 4.29. The van der Waals surface area contributed by atoms with Crippen LogP contribution in [0.3, 0.4) is 0 Å². The third-order valence-corrected chi connectivity index (χ3v) is 5.93. The molecule has 0 aliphatic rings. The van der Waals surface area contributed by atoms with Crippen molar-refractivity contribution in [3.8, 4) is 11.3 Å². The zero-order valence-corrected chi connectivity index (χ0v) is 20.0. The van der Waals surface area contributed by atoms with E-state index in [2.05, 4.69) is 15.2 Å². The topological polar surface area (TPSA) is 143 Å². The summed E-state index contributed by atoms with van der Waals surface area (Å²) in [4.78, 5) is 29.0. The second kappa shape index (κ2) is 9.16. The minimum Gasteiger partial charge on any atom is -0.383 e. The molecule has 1 amide bonds. The number of nitrogen functional groups attached to an aromatic ring is 1. The van der Waals surface area contributed by atoms with E-state index < -0.39 is 23.4 Å². The highest BCUT2D eigenvalue weighted by atomic mass is 19.4. The largest absolute Gasteiger partial charge is 0.399 e. The van der Waals surface area contributed by atoms with Crippen LogP contribution in [0, 0.1) is 0 Å². The third kappa shape index (κ3) is 4.91. The van der Waals surface area contributed by atoms with Crippen molar-refractivity contribution in [2.24, 2.45) is 5.73 Å². The Morgan fingerprint density at radius 3 is 2.34 bits per heavy atom. The Labute approximate surface area is 199 Å².